The van der Waals surface area contributed by atoms with E-state index in [0.717, 1.165) is 11.7 Å². The maximum atomic E-state index is 11.6. The summed E-state index contributed by atoms with van der Waals surface area (Å²) in [6.07, 6.45) is 6.69. The fourth-order valence-corrected chi connectivity index (χ4v) is 3.56. The SMILES string of the molecule is CC(CSCC1CCCCC1)NC(=O)OC(C)(C)C. The standard InChI is InChI=1S/C15H29NO2S/c1-12(16-14(17)18-15(2,3)4)10-19-11-13-8-6-5-7-9-13/h12-13H,5-11H2,1-4H3,(H,16,17). The third-order valence-corrected chi connectivity index (χ3v) is 4.65. The molecule has 0 radical (unpaired) electrons. The molecule has 1 unspecified atom stereocenters. The van der Waals surface area contributed by atoms with Crippen molar-refractivity contribution in [3.63, 3.8) is 0 Å². The van der Waals surface area contributed by atoms with Gasteiger partial charge in [-0.15, -0.1) is 0 Å². The van der Waals surface area contributed by atoms with Crippen LogP contribution < -0.4 is 5.32 Å². The summed E-state index contributed by atoms with van der Waals surface area (Å²) in [4.78, 5) is 11.6. The summed E-state index contributed by atoms with van der Waals surface area (Å²) >= 11 is 1.96. The lowest BCUT2D eigenvalue weighted by Crippen LogP contribution is -2.38. The summed E-state index contributed by atoms with van der Waals surface area (Å²) in [6.45, 7) is 7.69. The summed E-state index contributed by atoms with van der Waals surface area (Å²) in [5.41, 5.74) is -0.418. The number of amides is 1. The van der Waals surface area contributed by atoms with Gasteiger partial charge in [-0.25, -0.2) is 4.79 Å². The highest BCUT2D eigenvalue weighted by Crippen LogP contribution is 2.26. The number of rotatable bonds is 5. The molecule has 1 amide bonds. The van der Waals surface area contributed by atoms with Crippen LogP contribution in [-0.2, 0) is 4.74 Å². The molecule has 0 aromatic heterocycles. The fraction of sp³-hybridized carbons (Fsp3) is 0.933. The van der Waals surface area contributed by atoms with Crippen LogP contribution in [0.5, 0.6) is 0 Å². The largest absolute Gasteiger partial charge is 0.444 e. The van der Waals surface area contributed by atoms with Gasteiger partial charge in [0.1, 0.15) is 5.60 Å². The first-order chi connectivity index (χ1) is 8.87. The molecule has 1 rings (SSSR count). The summed E-state index contributed by atoms with van der Waals surface area (Å²) in [7, 11) is 0. The predicted molar refractivity (Wildman–Crippen MR) is 82.7 cm³/mol. The van der Waals surface area contributed by atoms with Crippen molar-refractivity contribution < 1.29 is 9.53 Å². The first-order valence-electron chi connectivity index (χ1n) is 7.44. The molecule has 3 nitrogen and oxygen atoms in total. The number of thioether (sulfide) groups is 1. The fourth-order valence-electron chi connectivity index (χ4n) is 2.32. The lowest BCUT2D eigenvalue weighted by Gasteiger charge is -2.23. The van der Waals surface area contributed by atoms with Crippen molar-refractivity contribution in [2.45, 2.75) is 71.4 Å². The van der Waals surface area contributed by atoms with Crippen LogP contribution in [0, 0.1) is 5.92 Å². The first kappa shape index (κ1) is 16.7. The quantitative estimate of drug-likeness (QED) is 0.823. The Morgan fingerprint density at radius 1 is 1.32 bits per heavy atom. The lowest BCUT2D eigenvalue weighted by atomic mass is 9.91. The minimum atomic E-state index is -0.418. The Kier molecular flexibility index (Phi) is 7.05. The van der Waals surface area contributed by atoms with Gasteiger partial charge in [-0.1, -0.05) is 19.3 Å². The third kappa shape index (κ3) is 8.40. The van der Waals surface area contributed by atoms with Crippen molar-refractivity contribution in [2.75, 3.05) is 11.5 Å². The van der Waals surface area contributed by atoms with E-state index in [-0.39, 0.29) is 12.1 Å². The molecule has 1 fully saturated rings. The van der Waals surface area contributed by atoms with Gasteiger partial charge in [-0.05, 0) is 52.2 Å². The average Bonchev–Trinajstić information content (AvgIpc) is 2.27. The Morgan fingerprint density at radius 3 is 2.53 bits per heavy atom. The van der Waals surface area contributed by atoms with Gasteiger partial charge in [0.25, 0.3) is 0 Å². The van der Waals surface area contributed by atoms with Gasteiger partial charge < -0.3 is 10.1 Å². The second-order valence-electron chi connectivity index (χ2n) is 6.59. The molecule has 0 aromatic carbocycles. The molecule has 1 aliphatic rings. The van der Waals surface area contributed by atoms with Crippen LogP contribution in [-0.4, -0.2) is 29.2 Å². The Labute approximate surface area is 122 Å². The maximum Gasteiger partial charge on any atom is 0.407 e. The zero-order valence-corrected chi connectivity index (χ0v) is 13.6. The number of carbonyl (C=O) groups excluding carboxylic acids is 1. The lowest BCUT2D eigenvalue weighted by molar-refractivity contribution is 0.0513. The molecule has 19 heavy (non-hydrogen) atoms. The van der Waals surface area contributed by atoms with Gasteiger partial charge in [0.15, 0.2) is 0 Å². The second-order valence-corrected chi connectivity index (χ2v) is 7.66. The summed E-state index contributed by atoms with van der Waals surface area (Å²) in [5, 5.41) is 2.89. The Morgan fingerprint density at radius 2 is 1.95 bits per heavy atom. The first-order valence-corrected chi connectivity index (χ1v) is 8.59. The number of carbonyl (C=O) groups is 1. The van der Waals surface area contributed by atoms with Crippen LogP contribution in [0.4, 0.5) is 4.79 Å². The average molecular weight is 287 g/mol. The number of hydrogen-bond donors (Lipinski definition) is 1. The highest BCUT2D eigenvalue weighted by molar-refractivity contribution is 7.99. The number of nitrogens with one attached hydrogen (secondary N) is 1. The normalized spacial score (nSPS) is 18.9. The molecule has 1 atom stereocenters. The molecular weight excluding hydrogens is 258 g/mol. The van der Waals surface area contributed by atoms with Gasteiger partial charge in [-0.3, -0.25) is 0 Å². The topological polar surface area (TPSA) is 38.3 Å². The van der Waals surface area contributed by atoms with Gasteiger partial charge in [-0.2, -0.15) is 11.8 Å². The number of alkyl carbamates (subject to hydrolysis) is 1. The van der Waals surface area contributed by atoms with Crippen LogP contribution in [0.3, 0.4) is 0 Å². The van der Waals surface area contributed by atoms with Gasteiger partial charge >= 0.3 is 6.09 Å². The molecular formula is C15H29NO2S. The zero-order chi connectivity index (χ0) is 14.3. The minimum Gasteiger partial charge on any atom is -0.444 e. The van der Waals surface area contributed by atoms with Crippen LogP contribution in [0.2, 0.25) is 0 Å². The van der Waals surface area contributed by atoms with Gasteiger partial charge in [0, 0.05) is 11.8 Å². The molecule has 0 bridgehead atoms. The van der Waals surface area contributed by atoms with E-state index >= 15 is 0 Å². The summed E-state index contributed by atoms with van der Waals surface area (Å²) in [6, 6.07) is 0.170. The van der Waals surface area contributed by atoms with E-state index < -0.39 is 5.60 Å². The number of hydrogen-bond acceptors (Lipinski definition) is 3. The van der Waals surface area contributed by atoms with Crippen LogP contribution >= 0.6 is 11.8 Å². The smallest absolute Gasteiger partial charge is 0.407 e. The molecule has 4 heteroatoms. The van der Waals surface area contributed by atoms with Gasteiger partial charge in [0.05, 0.1) is 0 Å². The molecule has 0 aliphatic heterocycles. The summed E-state index contributed by atoms with van der Waals surface area (Å²) in [5.74, 6) is 3.10. The van der Waals surface area contributed by atoms with Crippen LogP contribution in [0.25, 0.3) is 0 Å². The van der Waals surface area contributed by atoms with Gasteiger partial charge in [0.2, 0.25) is 0 Å². The summed E-state index contributed by atoms with van der Waals surface area (Å²) < 4.78 is 5.25. The van der Waals surface area contributed by atoms with E-state index in [2.05, 4.69) is 5.32 Å². The molecule has 0 aromatic rings. The second kappa shape index (κ2) is 8.03. The van der Waals surface area contributed by atoms with Crippen molar-refractivity contribution in [1.82, 2.24) is 5.32 Å². The third-order valence-electron chi connectivity index (χ3n) is 3.21. The van der Waals surface area contributed by atoms with E-state index in [4.69, 9.17) is 4.74 Å². The van der Waals surface area contributed by atoms with Crippen LogP contribution in [0.1, 0.15) is 59.8 Å². The predicted octanol–water partition coefficient (Wildman–Crippen LogP) is 4.21. The van der Waals surface area contributed by atoms with Crippen LogP contribution in [0.15, 0.2) is 0 Å². The Bertz CT molecular complexity index is 270. The van der Waals surface area contributed by atoms with Crippen molar-refractivity contribution >= 4 is 17.9 Å². The minimum absolute atomic E-state index is 0.170. The van der Waals surface area contributed by atoms with E-state index in [0.29, 0.717) is 0 Å². The molecule has 1 saturated carbocycles. The highest BCUT2D eigenvalue weighted by Gasteiger charge is 2.18. The number of ether oxygens (including phenoxy) is 1. The molecule has 1 N–H and O–H groups in total. The Balaban J connectivity index is 2.10. The maximum absolute atomic E-state index is 11.6. The molecule has 112 valence electrons. The molecule has 0 spiro atoms. The monoisotopic (exact) mass is 287 g/mol. The van der Waals surface area contributed by atoms with E-state index in [1.807, 2.05) is 39.5 Å². The van der Waals surface area contributed by atoms with E-state index in [9.17, 15) is 4.79 Å². The highest BCUT2D eigenvalue weighted by atomic mass is 32.2. The molecule has 0 saturated heterocycles. The van der Waals surface area contributed by atoms with Crippen molar-refractivity contribution in [1.29, 1.82) is 0 Å². The Hall–Kier alpha value is -0.380. The molecule has 0 heterocycles. The zero-order valence-electron chi connectivity index (χ0n) is 12.8. The van der Waals surface area contributed by atoms with Crippen molar-refractivity contribution in [3.05, 3.63) is 0 Å². The van der Waals surface area contributed by atoms with E-state index in [1.54, 1.807) is 0 Å². The van der Waals surface area contributed by atoms with Crippen molar-refractivity contribution in [3.8, 4) is 0 Å². The molecule has 1 aliphatic carbocycles. The van der Waals surface area contributed by atoms with Crippen molar-refractivity contribution in [2.24, 2.45) is 5.92 Å². The van der Waals surface area contributed by atoms with E-state index in [1.165, 1.54) is 37.9 Å².